The zero-order valence-electron chi connectivity index (χ0n) is 10.6. The number of pyridine rings is 1. The van der Waals surface area contributed by atoms with Gasteiger partial charge in [0.25, 0.3) is 0 Å². The Morgan fingerprint density at radius 2 is 2.30 bits per heavy atom. The van der Waals surface area contributed by atoms with Crippen molar-refractivity contribution in [3.05, 3.63) is 35.8 Å². The molecule has 2 aliphatic heterocycles. The number of hydrogen-bond acceptors (Lipinski definition) is 5. The van der Waals surface area contributed by atoms with Gasteiger partial charge in [-0.2, -0.15) is 0 Å². The van der Waals surface area contributed by atoms with Crippen LogP contribution >= 0.6 is 11.8 Å². The topological polar surface area (TPSA) is 90.7 Å². The van der Waals surface area contributed by atoms with Gasteiger partial charge in [0.15, 0.2) is 0 Å². The molecular weight excluding hydrogens is 280 g/mol. The second-order valence-electron chi connectivity index (χ2n) is 4.71. The van der Waals surface area contributed by atoms with Gasteiger partial charge in [0.1, 0.15) is 11.1 Å². The van der Waals surface area contributed by atoms with E-state index in [9.17, 15) is 19.8 Å². The van der Waals surface area contributed by atoms with Crippen LogP contribution in [0, 0.1) is 5.92 Å². The highest BCUT2D eigenvalue weighted by Crippen LogP contribution is 2.53. The van der Waals surface area contributed by atoms with Gasteiger partial charge in [-0.15, -0.1) is 0 Å². The number of hydrogen-bond donors (Lipinski definition) is 2. The molecule has 3 rings (SSSR count). The third-order valence-electron chi connectivity index (χ3n) is 3.42. The summed E-state index contributed by atoms with van der Waals surface area (Å²) in [4.78, 5) is 29.2. The zero-order chi connectivity index (χ0) is 14.4. The molecular formula is C13H12N2O4S. The molecule has 1 saturated heterocycles. The number of carbonyl (C=O) groups excluding carboxylic acids is 1. The second kappa shape index (κ2) is 4.60. The molecule has 0 saturated carbocycles. The fraction of sp³-hybridized carbons (Fsp3) is 0.308. The summed E-state index contributed by atoms with van der Waals surface area (Å²) in [6, 6.07) is 3.47. The van der Waals surface area contributed by atoms with E-state index in [1.807, 2.05) is 0 Å². The lowest BCUT2D eigenvalue weighted by Crippen LogP contribution is -2.60. The van der Waals surface area contributed by atoms with E-state index < -0.39 is 18.0 Å². The van der Waals surface area contributed by atoms with Crippen LogP contribution in [0.1, 0.15) is 12.5 Å². The first kappa shape index (κ1) is 13.1. The summed E-state index contributed by atoms with van der Waals surface area (Å²) >= 11 is 1.29. The Balaban J connectivity index is 2.03. The van der Waals surface area contributed by atoms with Crippen molar-refractivity contribution in [1.29, 1.82) is 0 Å². The average Bonchev–Trinajstić information content (AvgIpc) is 2.74. The Hall–Kier alpha value is -1.86. The van der Waals surface area contributed by atoms with Crippen molar-refractivity contribution >= 4 is 28.5 Å². The van der Waals surface area contributed by atoms with E-state index in [2.05, 4.69) is 4.98 Å². The summed E-state index contributed by atoms with van der Waals surface area (Å²) in [7, 11) is 0. The van der Waals surface area contributed by atoms with Crippen LogP contribution in [-0.2, 0) is 9.59 Å². The molecule has 2 aliphatic rings. The van der Waals surface area contributed by atoms with Crippen molar-refractivity contribution in [2.24, 2.45) is 5.92 Å². The predicted molar refractivity (Wildman–Crippen MR) is 72.2 cm³/mol. The Kier molecular flexibility index (Phi) is 3.02. The van der Waals surface area contributed by atoms with Gasteiger partial charge in [0.2, 0.25) is 5.91 Å². The number of aliphatic hydroxyl groups is 1. The lowest BCUT2D eigenvalue weighted by atomic mass is 9.92. The van der Waals surface area contributed by atoms with Crippen LogP contribution in [0.15, 0.2) is 30.2 Å². The van der Waals surface area contributed by atoms with E-state index in [0.717, 1.165) is 0 Å². The molecule has 7 heteroatoms. The minimum atomic E-state index is -1.14. The molecule has 1 fully saturated rings. The first-order valence-electron chi connectivity index (χ1n) is 6.08. The number of aromatic nitrogens is 1. The SMILES string of the molecule is CC(O)C1C(=O)N2C(C(=O)O)=C(c3cccnc3)SC12. The fourth-order valence-electron chi connectivity index (χ4n) is 2.48. The Morgan fingerprint density at radius 1 is 1.55 bits per heavy atom. The summed E-state index contributed by atoms with van der Waals surface area (Å²) in [5.74, 6) is -2.03. The first-order valence-corrected chi connectivity index (χ1v) is 6.96. The minimum absolute atomic E-state index is 0.0186. The van der Waals surface area contributed by atoms with Gasteiger partial charge >= 0.3 is 5.97 Å². The van der Waals surface area contributed by atoms with Gasteiger partial charge in [-0.25, -0.2) is 4.79 Å². The molecule has 1 aromatic rings. The number of rotatable bonds is 3. The molecule has 20 heavy (non-hydrogen) atoms. The van der Waals surface area contributed by atoms with Crippen LogP contribution in [0.5, 0.6) is 0 Å². The number of thioether (sulfide) groups is 1. The van der Waals surface area contributed by atoms with Gasteiger partial charge < -0.3 is 10.2 Å². The van der Waals surface area contributed by atoms with Crippen molar-refractivity contribution in [2.45, 2.75) is 18.4 Å². The Morgan fingerprint density at radius 3 is 2.85 bits per heavy atom. The minimum Gasteiger partial charge on any atom is -0.477 e. The Labute approximate surface area is 119 Å². The number of carbonyl (C=O) groups is 2. The van der Waals surface area contributed by atoms with Gasteiger partial charge in [-0.3, -0.25) is 14.7 Å². The molecule has 0 aliphatic carbocycles. The van der Waals surface area contributed by atoms with E-state index in [0.29, 0.717) is 10.5 Å². The molecule has 3 atom stereocenters. The van der Waals surface area contributed by atoms with Gasteiger partial charge in [0.05, 0.1) is 12.0 Å². The third-order valence-corrected chi connectivity index (χ3v) is 4.84. The summed E-state index contributed by atoms with van der Waals surface area (Å²) < 4.78 is 0. The monoisotopic (exact) mass is 292 g/mol. The number of β-lactam (4-membered cyclic amide) rings is 1. The number of amides is 1. The number of aliphatic hydroxyl groups excluding tert-OH is 1. The quantitative estimate of drug-likeness (QED) is 0.799. The first-order chi connectivity index (χ1) is 9.52. The lowest BCUT2D eigenvalue weighted by Gasteiger charge is -2.43. The molecule has 3 unspecified atom stereocenters. The molecule has 6 nitrogen and oxygen atoms in total. The maximum atomic E-state index is 12.0. The number of aliphatic carboxylic acids is 1. The third kappa shape index (κ3) is 1.74. The highest BCUT2D eigenvalue weighted by molar-refractivity contribution is 8.09. The molecule has 0 spiro atoms. The predicted octanol–water partition coefficient (Wildman–Crippen LogP) is 0.747. The summed E-state index contributed by atoms with van der Waals surface area (Å²) in [6.07, 6.45) is 2.38. The maximum Gasteiger partial charge on any atom is 0.353 e. The molecule has 1 aromatic heterocycles. The lowest BCUT2D eigenvalue weighted by molar-refractivity contribution is -0.156. The number of carboxylic acids is 1. The standard InChI is InChI=1S/C13H12N2O4S/c1-6(16)8-11(17)15-9(13(18)19)10(20-12(8)15)7-3-2-4-14-5-7/h2-6,8,12,16H,1H3,(H,18,19). The molecule has 3 heterocycles. The zero-order valence-corrected chi connectivity index (χ0v) is 11.4. The summed E-state index contributed by atoms with van der Waals surface area (Å²) in [6.45, 7) is 1.54. The van der Waals surface area contributed by atoms with Crippen molar-refractivity contribution < 1.29 is 19.8 Å². The van der Waals surface area contributed by atoms with E-state index >= 15 is 0 Å². The highest BCUT2D eigenvalue weighted by Gasteiger charge is 2.57. The molecule has 0 aromatic carbocycles. The van der Waals surface area contributed by atoms with Crippen LogP contribution < -0.4 is 0 Å². The van der Waals surface area contributed by atoms with Crippen LogP contribution in [0.4, 0.5) is 0 Å². The molecule has 0 radical (unpaired) electrons. The van der Waals surface area contributed by atoms with E-state index in [4.69, 9.17) is 0 Å². The van der Waals surface area contributed by atoms with E-state index in [1.165, 1.54) is 16.7 Å². The van der Waals surface area contributed by atoms with Gasteiger partial charge in [0, 0.05) is 22.9 Å². The number of nitrogens with zero attached hydrogens (tertiary/aromatic N) is 2. The average molecular weight is 292 g/mol. The second-order valence-corrected chi connectivity index (χ2v) is 5.83. The smallest absolute Gasteiger partial charge is 0.353 e. The van der Waals surface area contributed by atoms with E-state index in [-0.39, 0.29) is 17.0 Å². The largest absolute Gasteiger partial charge is 0.477 e. The van der Waals surface area contributed by atoms with Crippen LogP contribution in [0.25, 0.3) is 4.91 Å². The summed E-state index contributed by atoms with van der Waals surface area (Å²) in [5.41, 5.74) is 0.649. The maximum absolute atomic E-state index is 12.0. The normalized spacial score (nSPS) is 26.3. The summed E-state index contributed by atoms with van der Waals surface area (Å²) in [5, 5.41) is 18.7. The molecule has 2 N–H and O–H groups in total. The molecule has 104 valence electrons. The number of fused-ring (bicyclic) bond motifs is 1. The van der Waals surface area contributed by atoms with Gasteiger partial charge in [-0.1, -0.05) is 17.8 Å². The fourth-order valence-corrected chi connectivity index (χ4v) is 4.08. The van der Waals surface area contributed by atoms with Crippen molar-refractivity contribution in [2.75, 3.05) is 0 Å². The number of carboxylic acid groups (broad SMARTS) is 1. The van der Waals surface area contributed by atoms with Crippen molar-refractivity contribution in [3.8, 4) is 0 Å². The van der Waals surface area contributed by atoms with Crippen LogP contribution in [-0.4, -0.2) is 43.5 Å². The Bertz CT molecular complexity index is 614. The van der Waals surface area contributed by atoms with Crippen molar-refractivity contribution in [3.63, 3.8) is 0 Å². The highest BCUT2D eigenvalue weighted by atomic mass is 32.2. The van der Waals surface area contributed by atoms with E-state index in [1.54, 1.807) is 31.5 Å². The van der Waals surface area contributed by atoms with Crippen molar-refractivity contribution in [1.82, 2.24) is 9.88 Å². The molecule has 1 amide bonds. The van der Waals surface area contributed by atoms with Crippen LogP contribution in [0.2, 0.25) is 0 Å². The molecule has 0 bridgehead atoms. The van der Waals surface area contributed by atoms with Gasteiger partial charge in [-0.05, 0) is 13.0 Å². The van der Waals surface area contributed by atoms with Crippen LogP contribution in [0.3, 0.4) is 0 Å².